The van der Waals surface area contributed by atoms with Crippen LogP contribution < -0.4 is 10.5 Å². The number of benzene rings is 1. The summed E-state index contributed by atoms with van der Waals surface area (Å²) in [4.78, 5) is 4.31. The second-order valence-electron chi connectivity index (χ2n) is 3.16. The highest BCUT2D eigenvalue weighted by Crippen LogP contribution is 2.25. The van der Waals surface area contributed by atoms with Gasteiger partial charge in [-0.1, -0.05) is 30.3 Å². The SMILES string of the molecule is COc1ccc(N)c(-c2ccccc2)n1. The first kappa shape index (κ1) is 9.52. The molecule has 76 valence electrons. The maximum Gasteiger partial charge on any atom is 0.213 e. The van der Waals surface area contributed by atoms with Crippen molar-refractivity contribution in [2.75, 3.05) is 12.8 Å². The predicted molar refractivity (Wildman–Crippen MR) is 60.6 cm³/mol. The van der Waals surface area contributed by atoms with Crippen LogP contribution in [0, 0.1) is 0 Å². The molecule has 1 heterocycles. The van der Waals surface area contributed by atoms with E-state index in [2.05, 4.69) is 4.98 Å². The summed E-state index contributed by atoms with van der Waals surface area (Å²) in [6, 6.07) is 13.4. The number of rotatable bonds is 2. The molecule has 0 bridgehead atoms. The van der Waals surface area contributed by atoms with E-state index < -0.39 is 0 Å². The van der Waals surface area contributed by atoms with Crippen molar-refractivity contribution in [2.45, 2.75) is 0 Å². The van der Waals surface area contributed by atoms with Crippen LogP contribution in [0.4, 0.5) is 5.69 Å². The van der Waals surface area contributed by atoms with Gasteiger partial charge in [-0.05, 0) is 6.07 Å². The molecule has 0 atom stereocenters. The van der Waals surface area contributed by atoms with E-state index in [0.717, 1.165) is 11.3 Å². The summed E-state index contributed by atoms with van der Waals surface area (Å²) in [6.07, 6.45) is 0. The average Bonchev–Trinajstić information content (AvgIpc) is 2.31. The van der Waals surface area contributed by atoms with Gasteiger partial charge >= 0.3 is 0 Å². The number of nitrogens with zero attached hydrogens (tertiary/aromatic N) is 1. The minimum Gasteiger partial charge on any atom is -0.481 e. The molecule has 0 spiro atoms. The van der Waals surface area contributed by atoms with Gasteiger partial charge in [0.15, 0.2) is 0 Å². The van der Waals surface area contributed by atoms with Crippen LogP contribution in [-0.4, -0.2) is 12.1 Å². The smallest absolute Gasteiger partial charge is 0.213 e. The minimum atomic E-state index is 0.572. The molecule has 0 aliphatic carbocycles. The lowest BCUT2D eigenvalue weighted by atomic mass is 10.1. The van der Waals surface area contributed by atoms with Crippen molar-refractivity contribution in [3.63, 3.8) is 0 Å². The van der Waals surface area contributed by atoms with Gasteiger partial charge in [0, 0.05) is 11.6 Å². The lowest BCUT2D eigenvalue weighted by Crippen LogP contribution is -1.95. The first-order valence-corrected chi connectivity index (χ1v) is 4.67. The van der Waals surface area contributed by atoms with E-state index in [9.17, 15) is 0 Å². The molecule has 0 amide bonds. The summed E-state index contributed by atoms with van der Waals surface area (Å²) >= 11 is 0. The third-order valence-electron chi connectivity index (χ3n) is 2.16. The van der Waals surface area contributed by atoms with Crippen LogP contribution in [0.3, 0.4) is 0 Å². The zero-order valence-electron chi connectivity index (χ0n) is 8.47. The van der Waals surface area contributed by atoms with Gasteiger partial charge in [0.1, 0.15) is 0 Å². The largest absolute Gasteiger partial charge is 0.481 e. The second kappa shape index (κ2) is 4.00. The zero-order chi connectivity index (χ0) is 10.7. The number of aromatic nitrogens is 1. The van der Waals surface area contributed by atoms with Crippen LogP contribution >= 0.6 is 0 Å². The number of nitrogens with two attached hydrogens (primary N) is 1. The van der Waals surface area contributed by atoms with Gasteiger partial charge in [0.25, 0.3) is 0 Å². The lowest BCUT2D eigenvalue weighted by molar-refractivity contribution is 0.398. The molecular formula is C12H12N2O. The van der Waals surface area contributed by atoms with Crippen molar-refractivity contribution in [2.24, 2.45) is 0 Å². The Kier molecular flexibility index (Phi) is 2.54. The van der Waals surface area contributed by atoms with E-state index in [1.165, 1.54) is 0 Å². The lowest BCUT2D eigenvalue weighted by Gasteiger charge is -2.06. The zero-order valence-corrected chi connectivity index (χ0v) is 8.47. The number of nitrogen functional groups attached to an aromatic ring is 1. The Hall–Kier alpha value is -2.03. The molecule has 0 fully saturated rings. The van der Waals surface area contributed by atoms with Crippen molar-refractivity contribution < 1.29 is 4.74 Å². The normalized spacial score (nSPS) is 9.93. The first-order valence-electron chi connectivity index (χ1n) is 4.67. The van der Waals surface area contributed by atoms with E-state index in [4.69, 9.17) is 10.5 Å². The van der Waals surface area contributed by atoms with Crippen LogP contribution in [0.1, 0.15) is 0 Å². The summed E-state index contributed by atoms with van der Waals surface area (Å²) in [6.45, 7) is 0. The maximum atomic E-state index is 5.86. The molecule has 0 saturated heterocycles. The molecule has 1 aromatic heterocycles. The summed E-state index contributed by atoms with van der Waals surface area (Å²) in [5, 5.41) is 0. The number of methoxy groups -OCH3 is 1. The van der Waals surface area contributed by atoms with E-state index in [1.54, 1.807) is 19.2 Å². The Bertz CT molecular complexity index is 454. The number of hydrogen-bond acceptors (Lipinski definition) is 3. The molecule has 2 N–H and O–H groups in total. The number of pyridine rings is 1. The molecule has 0 aliphatic rings. The van der Waals surface area contributed by atoms with Gasteiger partial charge in [-0.3, -0.25) is 0 Å². The quantitative estimate of drug-likeness (QED) is 0.809. The topological polar surface area (TPSA) is 48.1 Å². The first-order chi connectivity index (χ1) is 7.31. The van der Waals surface area contributed by atoms with Crippen molar-refractivity contribution in [3.05, 3.63) is 42.5 Å². The number of anilines is 1. The molecule has 2 aromatic rings. The molecule has 1 aromatic carbocycles. The van der Waals surface area contributed by atoms with Gasteiger partial charge in [0.2, 0.25) is 5.88 Å². The minimum absolute atomic E-state index is 0.572. The van der Waals surface area contributed by atoms with Gasteiger partial charge in [-0.25, -0.2) is 4.98 Å². The molecule has 3 heteroatoms. The van der Waals surface area contributed by atoms with E-state index in [-0.39, 0.29) is 0 Å². The number of ether oxygens (including phenoxy) is 1. The highest BCUT2D eigenvalue weighted by Gasteiger charge is 2.05. The third kappa shape index (κ3) is 1.91. The van der Waals surface area contributed by atoms with E-state index >= 15 is 0 Å². The highest BCUT2D eigenvalue weighted by molar-refractivity contribution is 5.72. The van der Waals surface area contributed by atoms with Crippen molar-refractivity contribution in [1.82, 2.24) is 4.98 Å². The fourth-order valence-corrected chi connectivity index (χ4v) is 1.39. The average molecular weight is 200 g/mol. The molecule has 0 radical (unpaired) electrons. The fourth-order valence-electron chi connectivity index (χ4n) is 1.39. The monoisotopic (exact) mass is 200 g/mol. The van der Waals surface area contributed by atoms with Crippen molar-refractivity contribution in [1.29, 1.82) is 0 Å². The van der Waals surface area contributed by atoms with Gasteiger partial charge < -0.3 is 10.5 Å². The van der Waals surface area contributed by atoms with Crippen LogP contribution in [0.2, 0.25) is 0 Å². The molecule has 0 aliphatic heterocycles. The Balaban J connectivity index is 2.52. The molecule has 3 nitrogen and oxygen atoms in total. The van der Waals surface area contributed by atoms with Gasteiger partial charge in [0.05, 0.1) is 18.5 Å². The molecule has 0 unspecified atom stereocenters. The Labute approximate surface area is 88.5 Å². The predicted octanol–water partition coefficient (Wildman–Crippen LogP) is 2.34. The summed E-state index contributed by atoms with van der Waals surface area (Å²) in [5.41, 5.74) is 8.27. The summed E-state index contributed by atoms with van der Waals surface area (Å²) in [5.74, 6) is 0.572. The Morgan fingerprint density at radius 3 is 2.47 bits per heavy atom. The van der Waals surface area contributed by atoms with Crippen LogP contribution in [0.25, 0.3) is 11.3 Å². The fraction of sp³-hybridized carbons (Fsp3) is 0.0833. The van der Waals surface area contributed by atoms with E-state index in [1.807, 2.05) is 30.3 Å². The molecule has 15 heavy (non-hydrogen) atoms. The standard InChI is InChI=1S/C12H12N2O/c1-15-11-8-7-10(13)12(14-11)9-5-3-2-4-6-9/h2-8H,13H2,1H3. The number of hydrogen-bond donors (Lipinski definition) is 1. The third-order valence-corrected chi connectivity index (χ3v) is 2.16. The van der Waals surface area contributed by atoms with Crippen LogP contribution in [-0.2, 0) is 0 Å². The molecule has 2 rings (SSSR count). The Morgan fingerprint density at radius 2 is 1.80 bits per heavy atom. The van der Waals surface area contributed by atoms with Gasteiger partial charge in [-0.2, -0.15) is 0 Å². The van der Waals surface area contributed by atoms with Crippen molar-refractivity contribution >= 4 is 5.69 Å². The highest BCUT2D eigenvalue weighted by atomic mass is 16.5. The second-order valence-corrected chi connectivity index (χ2v) is 3.16. The molecule has 0 saturated carbocycles. The van der Waals surface area contributed by atoms with Crippen molar-refractivity contribution in [3.8, 4) is 17.1 Å². The molecular weight excluding hydrogens is 188 g/mol. The van der Waals surface area contributed by atoms with Gasteiger partial charge in [-0.15, -0.1) is 0 Å². The summed E-state index contributed by atoms with van der Waals surface area (Å²) in [7, 11) is 1.59. The maximum absolute atomic E-state index is 5.86. The Morgan fingerprint density at radius 1 is 1.07 bits per heavy atom. The van der Waals surface area contributed by atoms with E-state index in [0.29, 0.717) is 11.6 Å². The van der Waals surface area contributed by atoms with Crippen LogP contribution in [0.5, 0.6) is 5.88 Å². The summed E-state index contributed by atoms with van der Waals surface area (Å²) < 4.78 is 5.06. The van der Waals surface area contributed by atoms with Crippen LogP contribution in [0.15, 0.2) is 42.5 Å².